The molecule has 8 heteroatoms. The zero-order chi connectivity index (χ0) is 21.3. The fourth-order valence-corrected chi connectivity index (χ4v) is 3.79. The summed E-state index contributed by atoms with van der Waals surface area (Å²) in [5, 5.41) is 2.56. The Morgan fingerprint density at radius 1 is 0.966 bits per heavy atom. The van der Waals surface area contributed by atoms with Crippen LogP contribution in [0.15, 0.2) is 48.5 Å². The van der Waals surface area contributed by atoms with Crippen molar-refractivity contribution in [3.05, 3.63) is 59.7 Å². The van der Waals surface area contributed by atoms with Crippen molar-refractivity contribution in [3.8, 4) is 5.75 Å². The zero-order valence-electron chi connectivity index (χ0n) is 16.5. The maximum absolute atomic E-state index is 12.3. The van der Waals surface area contributed by atoms with Gasteiger partial charge in [0, 0.05) is 5.69 Å². The summed E-state index contributed by atoms with van der Waals surface area (Å²) in [5.41, 5.74) is 1.34. The number of nitrogens with one attached hydrogen (secondary N) is 1. The summed E-state index contributed by atoms with van der Waals surface area (Å²) in [7, 11) is -3.67. The normalized spacial score (nSPS) is 11.0. The van der Waals surface area contributed by atoms with E-state index in [9.17, 15) is 18.0 Å². The largest absolute Gasteiger partial charge is 0.494 e. The molecule has 0 heterocycles. The molecule has 0 saturated carbocycles. The fraction of sp³-hybridized carbons (Fsp3) is 0.333. The molecular formula is C21H25NO6S. The molecule has 2 rings (SSSR count). The van der Waals surface area contributed by atoms with E-state index in [0.717, 1.165) is 6.42 Å². The molecule has 0 fully saturated rings. The molecule has 1 amide bonds. The molecule has 0 aliphatic rings. The smallest absolute Gasteiger partial charge is 0.338 e. The maximum Gasteiger partial charge on any atom is 0.338 e. The van der Waals surface area contributed by atoms with Gasteiger partial charge in [-0.05, 0) is 55.3 Å². The van der Waals surface area contributed by atoms with Gasteiger partial charge >= 0.3 is 5.97 Å². The number of benzene rings is 2. The lowest BCUT2D eigenvalue weighted by Crippen LogP contribution is -2.24. The Labute approximate surface area is 170 Å². The van der Waals surface area contributed by atoms with Crippen LogP contribution in [-0.4, -0.2) is 39.3 Å². The minimum atomic E-state index is -3.67. The standard InChI is InChI=1S/C21H25NO6S/c1-3-13-28-21(24)17-7-5-16(6-8-17)14-29(25,26)15-20(23)22-18-9-11-19(12-10-18)27-4-2/h5-12H,3-4,13-15H2,1-2H3,(H,22,23). The van der Waals surface area contributed by atoms with Crippen LogP contribution in [0.5, 0.6) is 5.75 Å². The molecule has 2 aromatic carbocycles. The number of hydrogen-bond acceptors (Lipinski definition) is 6. The Morgan fingerprint density at radius 3 is 2.21 bits per heavy atom. The topological polar surface area (TPSA) is 98.8 Å². The van der Waals surface area contributed by atoms with Gasteiger partial charge in [-0.3, -0.25) is 4.79 Å². The average Bonchev–Trinajstić information content (AvgIpc) is 2.67. The molecule has 0 radical (unpaired) electrons. The lowest BCUT2D eigenvalue weighted by Gasteiger charge is -2.08. The van der Waals surface area contributed by atoms with Gasteiger partial charge < -0.3 is 14.8 Å². The molecule has 7 nitrogen and oxygen atoms in total. The van der Waals surface area contributed by atoms with Crippen LogP contribution >= 0.6 is 0 Å². The number of anilines is 1. The molecule has 0 unspecified atom stereocenters. The van der Waals surface area contributed by atoms with Crippen LogP contribution in [0.1, 0.15) is 36.2 Å². The third kappa shape index (κ3) is 7.57. The van der Waals surface area contributed by atoms with Gasteiger partial charge in [-0.2, -0.15) is 0 Å². The highest BCUT2D eigenvalue weighted by Crippen LogP contribution is 2.16. The highest BCUT2D eigenvalue weighted by Gasteiger charge is 2.18. The van der Waals surface area contributed by atoms with Crippen molar-refractivity contribution >= 4 is 27.4 Å². The molecule has 0 aliphatic heterocycles. The Hall–Kier alpha value is -2.87. The van der Waals surface area contributed by atoms with E-state index in [1.165, 1.54) is 12.1 Å². The van der Waals surface area contributed by atoms with Gasteiger partial charge in [0.05, 0.1) is 24.5 Å². The minimum Gasteiger partial charge on any atom is -0.494 e. The molecule has 156 valence electrons. The first-order valence-corrected chi connectivity index (χ1v) is 11.1. The van der Waals surface area contributed by atoms with Crippen molar-refractivity contribution < 1.29 is 27.5 Å². The van der Waals surface area contributed by atoms with Crippen molar-refractivity contribution in [2.24, 2.45) is 0 Å². The van der Waals surface area contributed by atoms with Crippen molar-refractivity contribution in [1.82, 2.24) is 0 Å². The summed E-state index contributed by atoms with van der Waals surface area (Å²) in [6.07, 6.45) is 0.723. The molecule has 0 aliphatic carbocycles. The van der Waals surface area contributed by atoms with E-state index >= 15 is 0 Å². The molecule has 29 heavy (non-hydrogen) atoms. The molecular weight excluding hydrogens is 394 g/mol. The summed E-state index contributed by atoms with van der Waals surface area (Å²) in [4.78, 5) is 23.9. The summed E-state index contributed by atoms with van der Waals surface area (Å²) in [6.45, 7) is 4.63. The predicted octanol–water partition coefficient (Wildman–Crippen LogP) is 3.21. The van der Waals surface area contributed by atoms with E-state index in [0.29, 0.717) is 35.8 Å². The van der Waals surface area contributed by atoms with Crippen LogP contribution < -0.4 is 10.1 Å². The molecule has 0 spiro atoms. The molecule has 2 aromatic rings. The third-order valence-corrected chi connectivity index (χ3v) is 5.29. The Kier molecular flexibility index (Phi) is 8.21. The van der Waals surface area contributed by atoms with Gasteiger partial charge in [0.25, 0.3) is 0 Å². The van der Waals surface area contributed by atoms with Gasteiger partial charge in [0.1, 0.15) is 11.5 Å². The van der Waals surface area contributed by atoms with Crippen LogP contribution in [0, 0.1) is 0 Å². The highest BCUT2D eigenvalue weighted by atomic mass is 32.2. The molecule has 0 aromatic heterocycles. The van der Waals surface area contributed by atoms with Crippen LogP contribution in [-0.2, 0) is 25.1 Å². The van der Waals surface area contributed by atoms with E-state index in [1.807, 2.05) is 13.8 Å². The summed E-state index contributed by atoms with van der Waals surface area (Å²) in [6, 6.07) is 12.8. The van der Waals surface area contributed by atoms with Gasteiger partial charge in [-0.15, -0.1) is 0 Å². The van der Waals surface area contributed by atoms with Crippen molar-refractivity contribution in [3.63, 3.8) is 0 Å². The van der Waals surface area contributed by atoms with Gasteiger partial charge in [0.2, 0.25) is 5.91 Å². The molecule has 0 atom stereocenters. The van der Waals surface area contributed by atoms with Crippen LogP contribution in [0.2, 0.25) is 0 Å². The maximum atomic E-state index is 12.3. The minimum absolute atomic E-state index is 0.298. The number of carbonyl (C=O) groups excluding carboxylic acids is 2. The number of ether oxygens (including phenoxy) is 2. The third-order valence-electron chi connectivity index (χ3n) is 3.81. The average molecular weight is 419 g/mol. The first-order valence-electron chi connectivity index (χ1n) is 9.32. The lowest BCUT2D eigenvalue weighted by atomic mass is 10.1. The van der Waals surface area contributed by atoms with E-state index in [2.05, 4.69) is 5.32 Å². The van der Waals surface area contributed by atoms with E-state index in [4.69, 9.17) is 9.47 Å². The quantitative estimate of drug-likeness (QED) is 0.594. The summed E-state index contributed by atoms with van der Waals surface area (Å²) < 4.78 is 35.0. The SMILES string of the molecule is CCCOC(=O)c1ccc(CS(=O)(=O)CC(=O)Nc2ccc(OCC)cc2)cc1. The van der Waals surface area contributed by atoms with Crippen LogP contribution in [0.25, 0.3) is 0 Å². The van der Waals surface area contributed by atoms with Gasteiger partial charge in [0.15, 0.2) is 9.84 Å². The lowest BCUT2D eigenvalue weighted by molar-refractivity contribution is -0.113. The van der Waals surface area contributed by atoms with Gasteiger partial charge in [-0.25, -0.2) is 13.2 Å². The Balaban J connectivity index is 1.91. The van der Waals surface area contributed by atoms with Crippen LogP contribution in [0.4, 0.5) is 5.69 Å². The number of sulfone groups is 1. The van der Waals surface area contributed by atoms with Crippen molar-refractivity contribution in [2.75, 3.05) is 24.3 Å². The predicted molar refractivity (Wildman–Crippen MR) is 111 cm³/mol. The monoisotopic (exact) mass is 419 g/mol. The van der Waals surface area contributed by atoms with E-state index in [-0.39, 0.29) is 5.75 Å². The second kappa shape index (κ2) is 10.6. The fourth-order valence-electron chi connectivity index (χ4n) is 2.52. The van der Waals surface area contributed by atoms with Crippen molar-refractivity contribution in [2.45, 2.75) is 26.0 Å². The second-order valence-electron chi connectivity index (χ2n) is 6.37. The molecule has 1 N–H and O–H groups in total. The summed E-state index contributed by atoms with van der Waals surface area (Å²) >= 11 is 0. The molecule has 0 saturated heterocycles. The van der Waals surface area contributed by atoms with Crippen LogP contribution in [0.3, 0.4) is 0 Å². The Morgan fingerprint density at radius 2 is 1.62 bits per heavy atom. The van der Waals surface area contributed by atoms with Gasteiger partial charge in [-0.1, -0.05) is 19.1 Å². The zero-order valence-corrected chi connectivity index (χ0v) is 17.3. The second-order valence-corrected chi connectivity index (χ2v) is 8.44. The highest BCUT2D eigenvalue weighted by molar-refractivity contribution is 7.91. The number of amides is 1. The summed E-state index contributed by atoms with van der Waals surface area (Å²) in [5.74, 6) is -1.33. The Bertz CT molecular complexity index is 921. The molecule has 0 bridgehead atoms. The van der Waals surface area contributed by atoms with E-state index in [1.54, 1.807) is 36.4 Å². The number of carbonyl (C=O) groups is 2. The first-order chi connectivity index (χ1) is 13.8. The number of hydrogen-bond donors (Lipinski definition) is 1. The number of rotatable bonds is 10. The van der Waals surface area contributed by atoms with E-state index < -0.39 is 27.5 Å². The van der Waals surface area contributed by atoms with Crippen molar-refractivity contribution in [1.29, 1.82) is 0 Å². The number of esters is 1. The first kappa shape index (κ1) is 22.4.